The fourth-order valence-electron chi connectivity index (χ4n) is 6.89. The van der Waals surface area contributed by atoms with Gasteiger partial charge in [0.25, 0.3) is 5.69 Å². The number of anilines is 1. The molecule has 0 aliphatic heterocycles. The predicted octanol–water partition coefficient (Wildman–Crippen LogP) is 5.23. The Kier molecular flexibility index (Phi) is 5.05. The van der Waals surface area contributed by atoms with Gasteiger partial charge in [0.05, 0.1) is 45.4 Å². The average molecular weight is 521 g/mol. The largest absolute Gasteiger partial charge is 0.465 e. The van der Waals surface area contributed by atoms with Gasteiger partial charge >= 0.3 is 5.97 Å². The molecule has 2 unspecified atom stereocenters. The normalized spacial score (nSPS) is 25.0. The smallest absolute Gasteiger partial charge is 0.341 e. The molecule has 0 saturated heterocycles. The summed E-state index contributed by atoms with van der Waals surface area (Å²) in [5.41, 5.74) is 1.77. The van der Waals surface area contributed by atoms with Gasteiger partial charge in [0.2, 0.25) is 5.91 Å². The molecule has 1 amide bonds. The van der Waals surface area contributed by atoms with Gasteiger partial charge in [-0.2, -0.15) is 0 Å². The van der Waals surface area contributed by atoms with Crippen LogP contribution in [0.5, 0.6) is 0 Å². The number of hydrogen-bond acceptors (Lipinski definition) is 8. The van der Waals surface area contributed by atoms with E-state index in [0.717, 1.165) is 48.2 Å². The number of benzene rings is 1. The highest BCUT2D eigenvalue weighted by Crippen LogP contribution is 2.70. The van der Waals surface area contributed by atoms with Crippen LogP contribution in [0, 0.1) is 15.5 Å². The molecule has 3 aliphatic carbocycles. The van der Waals surface area contributed by atoms with E-state index < -0.39 is 27.1 Å². The zero-order chi connectivity index (χ0) is 26.3. The number of carbonyl (C=O) groups excluding carboxylic acids is 2. The summed E-state index contributed by atoms with van der Waals surface area (Å²) in [6.45, 7) is 6.29. The number of thiophene rings is 1. The number of nitro groups is 1. The van der Waals surface area contributed by atoms with Crippen LogP contribution >= 0.6 is 11.3 Å². The van der Waals surface area contributed by atoms with Crippen LogP contribution in [0.15, 0.2) is 18.2 Å². The van der Waals surface area contributed by atoms with Gasteiger partial charge in [-0.1, -0.05) is 20.8 Å². The molecule has 37 heavy (non-hydrogen) atoms. The zero-order valence-corrected chi connectivity index (χ0v) is 22.1. The number of aromatic nitrogens is 2. The molecule has 1 fully saturated rings. The topological polar surface area (TPSA) is 124 Å². The summed E-state index contributed by atoms with van der Waals surface area (Å²) in [6, 6.07) is 4.46. The molecule has 2 aromatic heterocycles. The van der Waals surface area contributed by atoms with E-state index in [9.17, 15) is 19.7 Å². The number of methoxy groups -OCH3 is 1. The van der Waals surface area contributed by atoms with E-state index in [4.69, 9.17) is 14.7 Å². The Balaban J connectivity index is 1.50. The van der Waals surface area contributed by atoms with Crippen molar-refractivity contribution < 1.29 is 19.2 Å². The first kappa shape index (κ1) is 24.0. The molecule has 6 rings (SSSR count). The minimum atomic E-state index is -0.999. The number of nitrogens with zero attached hydrogens (tertiary/aromatic N) is 3. The quantitative estimate of drug-likeness (QED) is 0.284. The van der Waals surface area contributed by atoms with E-state index in [0.29, 0.717) is 33.7 Å². The summed E-state index contributed by atoms with van der Waals surface area (Å²) in [6.07, 6.45) is 5.06. The molecule has 3 aliphatic rings. The van der Waals surface area contributed by atoms with Crippen molar-refractivity contribution in [2.24, 2.45) is 5.41 Å². The van der Waals surface area contributed by atoms with Crippen LogP contribution < -0.4 is 5.32 Å². The van der Waals surface area contributed by atoms with E-state index in [2.05, 4.69) is 26.1 Å². The maximum absolute atomic E-state index is 14.4. The monoisotopic (exact) mass is 520 g/mol. The van der Waals surface area contributed by atoms with Crippen molar-refractivity contribution in [1.82, 2.24) is 9.97 Å². The Morgan fingerprint density at radius 1 is 1.08 bits per heavy atom. The second-order valence-corrected chi connectivity index (χ2v) is 12.2. The van der Waals surface area contributed by atoms with Crippen molar-refractivity contribution in [3.8, 4) is 0 Å². The first-order chi connectivity index (χ1) is 17.5. The zero-order valence-electron chi connectivity index (χ0n) is 21.3. The van der Waals surface area contributed by atoms with Crippen molar-refractivity contribution >= 4 is 44.9 Å². The molecule has 0 radical (unpaired) electrons. The first-order valence-corrected chi connectivity index (χ1v) is 13.4. The standard InChI is InChI=1S/C27H28N4O5S/c1-25(2)26(3)11-12-27(25,21-20(26)28-16-10-9-14(31(34)35)13-17(16)29-21)24(33)30-22-19(23(32)36-4)15-7-5-6-8-18(15)37-22/h9-10,13H,5-8,11-12H2,1-4H3,(H,30,33). The van der Waals surface area contributed by atoms with Crippen molar-refractivity contribution in [2.45, 2.75) is 70.1 Å². The van der Waals surface area contributed by atoms with Gasteiger partial charge in [0.15, 0.2) is 0 Å². The fourth-order valence-corrected chi connectivity index (χ4v) is 8.16. The molecular weight excluding hydrogens is 492 g/mol. The van der Waals surface area contributed by atoms with Gasteiger partial charge in [-0.3, -0.25) is 14.9 Å². The SMILES string of the molecule is COC(=O)c1c(NC(=O)C23CCC(C)(c4nc5ccc([N+](=O)[O-])cc5nc42)C3(C)C)sc2c1CCCC2. The van der Waals surface area contributed by atoms with Crippen molar-refractivity contribution in [2.75, 3.05) is 12.4 Å². The van der Waals surface area contributed by atoms with Crippen LogP contribution in [0.25, 0.3) is 11.0 Å². The van der Waals surface area contributed by atoms with Gasteiger partial charge in [-0.15, -0.1) is 11.3 Å². The van der Waals surface area contributed by atoms with Crippen LogP contribution in [0.4, 0.5) is 10.7 Å². The van der Waals surface area contributed by atoms with Crippen LogP contribution in [0.2, 0.25) is 0 Å². The van der Waals surface area contributed by atoms with Gasteiger partial charge in [0, 0.05) is 22.4 Å². The number of hydrogen-bond donors (Lipinski definition) is 1. The Morgan fingerprint density at radius 2 is 1.81 bits per heavy atom. The lowest BCUT2D eigenvalue weighted by atomic mass is 9.63. The molecule has 192 valence electrons. The van der Waals surface area contributed by atoms with E-state index in [1.807, 2.05) is 0 Å². The molecule has 1 N–H and O–H groups in total. The van der Waals surface area contributed by atoms with Crippen molar-refractivity contribution in [3.63, 3.8) is 0 Å². The van der Waals surface area contributed by atoms with Crippen LogP contribution in [-0.4, -0.2) is 33.9 Å². The minimum Gasteiger partial charge on any atom is -0.465 e. The number of amides is 1. The highest BCUT2D eigenvalue weighted by molar-refractivity contribution is 7.17. The number of aryl methyl sites for hydroxylation is 1. The third-order valence-corrected chi connectivity index (χ3v) is 10.6. The molecule has 0 spiro atoms. The predicted molar refractivity (Wildman–Crippen MR) is 139 cm³/mol. The third-order valence-electron chi connectivity index (χ3n) is 9.41. The second-order valence-electron chi connectivity index (χ2n) is 11.1. The number of nitrogens with one attached hydrogen (secondary N) is 1. The second kappa shape index (κ2) is 7.80. The Hall–Kier alpha value is -3.40. The van der Waals surface area contributed by atoms with Crippen LogP contribution in [-0.2, 0) is 33.2 Å². The molecular formula is C27H28N4O5S. The van der Waals surface area contributed by atoms with Crippen LogP contribution in [0.1, 0.15) is 78.6 Å². The lowest BCUT2D eigenvalue weighted by Crippen LogP contribution is -2.48. The molecule has 1 saturated carbocycles. The minimum absolute atomic E-state index is 0.0687. The number of esters is 1. The molecule has 10 heteroatoms. The number of nitro benzene ring substituents is 1. The fraction of sp³-hybridized carbons (Fsp3) is 0.481. The van der Waals surface area contributed by atoms with Gasteiger partial charge in [-0.05, 0) is 55.6 Å². The molecule has 1 aromatic carbocycles. The number of carbonyl (C=O) groups is 2. The van der Waals surface area contributed by atoms with Crippen molar-refractivity contribution in [3.05, 3.63) is 55.7 Å². The molecule has 9 nitrogen and oxygen atoms in total. The maximum Gasteiger partial charge on any atom is 0.341 e. The van der Waals surface area contributed by atoms with Gasteiger partial charge in [0.1, 0.15) is 5.00 Å². The lowest BCUT2D eigenvalue weighted by Gasteiger charge is -2.39. The van der Waals surface area contributed by atoms with E-state index in [-0.39, 0.29) is 11.6 Å². The molecule has 2 heterocycles. The molecule has 2 atom stereocenters. The summed E-state index contributed by atoms with van der Waals surface area (Å²) in [5, 5.41) is 15.1. The number of ether oxygens (including phenoxy) is 1. The molecule has 2 bridgehead atoms. The van der Waals surface area contributed by atoms with Gasteiger partial charge < -0.3 is 10.1 Å². The van der Waals surface area contributed by atoms with Crippen LogP contribution in [0.3, 0.4) is 0 Å². The van der Waals surface area contributed by atoms with Gasteiger partial charge in [-0.25, -0.2) is 14.8 Å². The van der Waals surface area contributed by atoms with E-state index in [1.54, 1.807) is 6.07 Å². The Morgan fingerprint density at radius 3 is 2.54 bits per heavy atom. The Labute approximate surface area is 217 Å². The highest BCUT2D eigenvalue weighted by atomic mass is 32.1. The number of fused-ring (bicyclic) bond motifs is 7. The Bertz CT molecular complexity index is 1530. The van der Waals surface area contributed by atoms with E-state index >= 15 is 0 Å². The highest BCUT2D eigenvalue weighted by Gasteiger charge is 2.73. The number of rotatable bonds is 4. The average Bonchev–Trinajstić information content (AvgIpc) is 3.39. The van der Waals surface area contributed by atoms with E-state index in [1.165, 1.54) is 30.6 Å². The third kappa shape index (κ3) is 2.96. The lowest BCUT2D eigenvalue weighted by molar-refractivity contribution is -0.384. The summed E-state index contributed by atoms with van der Waals surface area (Å²) < 4.78 is 5.10. The first-order valence-electron chi connectivity index (χ1n) is 12.6. The maximum atomic E-state index is 14.4. The molecule has 3 aromatic rings. The number of non-ortho nitro benzene ring substituents is 1. The summed E-state index contributed by atoms with van der Waals surface area (Å²) in [5.74, 6) is -0.657. The summed E-state index contributed by atoms with van der Waals surface area (Å²) in [4.78, 5) is 49.0. The summed E-state index contributed by atoms with van der Waals surface area (Å²) in [7, 11) is 1.36. The van der Waals surface area contributed by atoms with Crippen molar-refractivity contribution in [1.29, 1.82) is 0 Å². The summed E-state index contributed by atoms with van der Waals surface area (Å²) >= 11 is 1.46.